The van der Waals surface area contributed by atoms with Crippen LogP contribution in [0, 0.1) is 5.92 Å². The highest BCUT2D eigenvalue weighted by Gasteiger charge is 2.40. The molecule has 2 N–H and O–H groups in total. The lowest BCUT2D eigenvalue weighted by molar-refractivity contribution is 0.0654. The number of hydrogen-bond acceptors (Lipinski definition) is 5. The number of pyridine rings is 1. The molecule has 0 spiro atoms. The third kappa shape index (κ3) is 5.35. The van der Waals surface area contributed by atoms with Gasteiger partial charge in [0.15, 0.2) is 11.4 Å². The summed E-state index contributed by atoms with van der Waals surface area (Å²) < 4.78 is 1.37. The number of rotatable bonds is 8. The highest BCUT2D eigenvalue weighted by Crippen LogP contribution is 2.37. The van der Waals surface area contributed by atoms with Gasteiger partial charge in [0.05, 0.1) is 6.04 Å². The van der Waals surface area contributed by atoms with E-state index in [1.165, 1.54) is 4.68 Å². The maximum absolute atomic E-state index is 13.7. The summed E-state index contributed by atoms with van der Waals surface area (Å²) in [6, 6.07) is 35.9. The Balaban J connectivity index is 1.39. The zero-order chi connectivity index (χ0) is 31.1. The van der Waals surface area contributed by atoms with Crippen molar-refractivity contribution >= 4 is 11.9 Å². The molecule has 0 atom stereocenters. The van der Waals surface area contributed by atoms with Crippen molar-refractivity contribution in [1.29, 1.82) is 0 Å². The van der Waals surface area contributed by atoms with Gasteiger partial charge in [0.2, 0.25) is 5.43 Å². The van der Waals surface area contributed by atoms with Crippen LogP contribution in [0.2, 0.25) is 0 Å². The molecule has 1 aliphatic heterocycles. The molecule has 4 aromatic carbocycles. The number of aromatic carboxylic acids is 1. The Labute approximate surface area is 260 Å². The molecule has 0 bridgehead atoms. The molecule has 1 aliphatic carbocycles. The van der Waals surface area contributed by atoms with Crippen LogP contribution in [-0.4, -0.2) is 44.9 Å². The number of hydrogen-bond donors (Lipinski definition) is 2. The molecular weight excluding hydrogens is 566 g/mol. The minimum absolute atomic E-state index is 0.134. The number of carboxylic acids is 1. The Kier molecular flexibility index (Phi) is 7.17. The molecule has 0 radical (unpaired) electrons. The van der Waals surface area contributed by atoms with E-state index in [0.717, 1.165) is 52.4 Å². The number of aromatic nitrogens is 1. The Morgan fingerprint density at radius 3 is 1.69 bits per heavy atom. The molecule has 45 heavy (non-hydrogen) atoms. The van der Waals surface area contributed by atoms with E-state index < -0.39 is 34.7 Å². The van der Waals surface area contributed by atoms with Crippen LogP contribution in [0.5, 0.6) is 5.75 Å². The summed E-state index contributed by atoms with van der Waals surface area (Å²) in [4.78, 5) is 40.3. The zero-order valence-electron chi connectivity index (χ0n) is 24.4. The van der Waals surface area contributed by atoms with Crippen molar-refractivity contribution in [1.82, 2.24) is 9.58 Å². The Bertz CT molecular complexity index is 1850. The van der Waals surface area contributed by atoms with Gasteiger partial charge in [-0.15, -0.1) is 0 Å². The molecule has 8 nitrogen and oxygen atoms in total. The van der Waals surface area contributed by atoms with E-state index in [9.17, 15) is 24.6 Å². The first kappa shape index (κ1) is 28.2. The molecule has 1 aromatic heterocycles. The average Bonchev–Trinajstić information content (AvgIpc) is 3.90. The lowest BCUT2D eigenvalue weighted by atomic mass is 9.94. The standard InChI is InChI=1S/C37H31N3O5/c41-34-31(37(44)45)22-39-33(35(34)42)36(43)38(21-24-11-12-24)23-40(39)32(29-17-13-27(14-18-29)25-7-3-1-4-8-25)30-19-15-28(16-20-30)26-9-5-2-6-10-26/h1-10,13-20,22,24,32,42H,11-12,21,23H2,(H,44,45). The fraction of sp³-hybridized carbons (Fsp3) is 0.162. The third-order valence-electron chi connectivity index (χ3n) is 8.62. The summed E-state index contributed by atoms with van der Waals surface area (Å²) in [5.74, 6) is -2.48. The molecule has 0 saturated heterocycles. The number of carboxylic acid groups (broad SMARTS) is 1. The predicted octanol–water partition coefficient (Wildman–Crippen LogP) is 6.14. The maximum Gasteiger partial charge on any atom is 0.341 e. The van der Waals surface area contributed by atoms with E-state index in [1.807, 2.05) is 114 Å². The quantitative estimate of drug-likeness (QED) is 0.223. The van der Waals surface area contributed by atoms with Crippen LogP contribution < -0.4 is 10.4 Å². The Morgan fingerprint density at radius 2 is 1.22 bits per heavy atom. The van der Waals surface area contributed by atoms with E-state index in [0.29, 0.717) is 12.5 Å². The molecule has 5 aromatic rings. The summed E-state index contributed by atoms with van der Waals surface area (Å²) in [5.41, 5.74) is 4.09. The summed E-state index contributed by atoms with van der Waals surface area (Å²) >= 11 is 0. The van der Waals surface area contributed by atoms with Crippen LogP contribution in [0.3, 0.4) is 0 Å². The van der Waals surface area contributed by atoms with Crippen molar-refractivity contribution in [2.75, 3.05) is 18.2 Å². The minimum Gasteiger partial charge on any atom is -0.502 e. The largest absolute Gasteiger partial charge is 0.502 e. The third-order valence-corrected chi connectivity index (χ3v) is 8.62. The van der Waals surface area contributed by atoms with Gasteiger partial charge in [-0.1, -0.05) is 109 Å². The maximum atomic E-state index is 13.7. The molecule has 2 heterocycles. The first-order chi connectivity index (χ1) is 21.9. The second kappa shape index (κ2) is 11.5. The normalized spacial score (nSPS) is 14.5. The van der Waals surface area contributed by atoms with E-state index in [1.54, 1.807) is 4.90 Å². The smallest absolute Gasteiger partial charge is 0.341 e. The number of benzene rings is 4. The van der Waals surface area contributed by atoms with E-state index in [2.05, 4.69) is 0 Å². The first-order valence-electron chi connectivity index (χ1n) is 15.0. The Morgan fingerprint density at radius 1 is 0.733 bits per heavy atom. The SMILES string of the molecule is O=C(O)c1cn2c(c(O)c1=O)C(=O)N(CC1CC1)CN2C(c1ccc(-c2ccccc2)cc1)c1ccc(-c2ccccc2)cc1. The molecule has 7 rings (SSSR count). The molecular formula is C37H31N3O5. The van der Waals surface area contributed by atoms with E-state index in [4.69, 9.17) is 0 Å². The van der Waals surface area contributed by atoms with Crippen molar-refractivity contribution in [2.24, 2.45) is 5.92 Å². The molecule has 0 unspecified atom stereocenters. The van der Waals surface area contributed by atoms with Crippen LogP contribution >= 0.6 is 0 Å². The predicted molar refractivity (Wildman–Crippen MR) is 172 cm³/mol. The average molecular weight is 598 g/mol. The van der Waals surface area contributed by atoms with Gasteiger partial charge in [0.25, 0.3) is 5.91 Å². The van der Waals surface area contributed by atoms with Crippen LogP contribution in [-0.2, 0) is 0 Å². The second-order valence-electron chi connectivity index (χ2n) is 11.6. The minimum atomic E-state index is -1.48. The number of carbonyl (C=O) groups is 2. The van der Waals surface area contributed by atoms with Gasteiger partial charge >= 0.3 is 5.97 Å². The summed E-state index contributed by atoms with van der Waals surface area (Å²) in [6.07, 6.45) is 3.17. The molecule has 1 fully saturated rings. The fourth-order valence-electron chi connectivity index (χ4n) is 6.07. The fourth-order valence-corrected chi connectivity index (χ4v) is 6.07. The number of carbonyl (C=O) groups excluding carboxylic acids is 1. The monoisotopic (exact) mass is 597 g/mol. The topological polar surface area (TPSA) is 103 Å². The van der Waals surface area contributed by atoms with Crippen LogP contribution in [0.1, 0.15) is 50.9 Å². The lowest BCUT2D eigenvalue weighted by Crippen LogP contribution is -2.56. The molecule has 1 saturated carbocycles. The molecule has 8 heteroatoms. The summed E-state index contributed by atoms with van der Waals surface area (Å²) in [6.45, 7) is 0.617. The Hall–Kier alpha value is -5.63. The van der Waals surface area contributed by atoms with Gasteiger partial charge in [0.1, 0.15) is 12.2 Å². The number of fused-ring (bicyclic) bond motifs is 1. The van der Waals surface area contributed by atoms with Gasteiger partial charge in [0, 0.05) is 12.7 Å². The van der Waals surface area contributed by atoms with Crippen molar-refractivity contribution in [3.05, 3.63) is 148 Å². The summed E-state index contributed by atoms with van der Waals surface area (Å²) in [7, 11) is 0. The lowest BCUT2D eigenvalue weighted by Gasteiger charge is -2.44. The van der Waals surface area contributed by atoms with Crippen LogP contribution in [0.25, 0.3) is 22.3 Å². The highest BCUT2D eigenvalue weighted by atomic mass is 16.4. The van der Waals surface area contributed by atoms with E-state index in [-0.39, 0.29) is 12.4 Å². The van der Waals surface area contributed by atoms with Gasteiger partial charge in [-0.2, -0.15) is 0 Å². The van der Waals surface area contributed by atoms with Gasteiger partial charge in [-0.3, -0.25) is 19.3 Å². The van der Waals surface area contributed by atoms with Crippen molar-refractivity contribution < 1.29 is 19.8 Å². The number of amides is 1. The van der Waals surface area contributed by atoms with Crippen molar-refractivity contribution in [2.45, 2.75) is 18.9 Å². The zero-order valence-corrected chi connectivity index (χ0v) is 24.4. The molecule has 1 amide bonds. The summed E-state index contributed by atoms with van der Waals surface area (Å²) in [5, 5.41) is 22.7. The van der Waals surface area contributed by atoms with Crippen LogP contribution in [0.15, 0.2) is 120 Å². The second-order valence-corrected chi connectivity index (χ2v) is 11.6. The highest BCUT2D eigenvalue weighted by molar-refractivity contribution is 5.98. The van der Waals surface area contributed by atoms with E-state index >= 15 is 0 Å². The van der Waals surface area contributed by atoms with Crippen molar-refractivity contribution in [3.8, 4) is 28.0 Å². The number of nitrogens with zero attached hydrogens (tertiary/aromatic N) is 3. The van der Waals surface area contributed by atoms with Crippen molar-refractivity contribution in [3.63, 3.8) is 0 Å². The van der Waals surface area contributed by atoms with Gasteiger partial charge in [-0.05, 0) is 52.1 Å². The number of aromatic hydroxyl groups is 1. The molecule has 2 aliphatic rings. The molecule has 224 valence electrons. The van der Waals surface area contributed by atoms with Gasteiger partial charge < -0.3 is 15.1 Å². The van der Waals surface area contributed by atoms with Gasteiger partial charge in [-0.25, -0.2) is 4.79 Å². The van der Waals surface area contributed by atoms with Crippen LogP contribution in [0.4, 0.5) is 0 Å². The first-order valence-corrected chi connectivity index (χ1v) is 15.0.